The Labute approximate surface area is 106 Å². The second kappa shape index (κ2) is 6.50. The molecule has 0 radical (unpaired) electrons. The van der Waals surface area contributed by atoms with Crippen LogP contribution < -0.4 is 0 Å². The van der Waals surface area contributed by atoms with Crippen LogP contribution in [0.1, 0.15) is 32.8 Å². The molecular formula is C14H19NOS. The average Bonchev–Trinajstić information content (AvgIpc) is 2.28. The summed E-state index contributed by atoms with van der Waals surface area (Å²) in [6, 6.07) is 10.1. The van der Waals surface area contributed by atoms with Gasteiger partial charge in [-0.1, -0.05) is 42.5 Å². The lowest BCUT2D eigenvalue weighted by atomic mass is 10.2. The highest BCUT2D eigenvalue weighted by atomic mass is 32.2. The molecule has 0 bridgehead atoms. The van der Waals surface area contributed by atoms with Gasteiger partial charge in [0, 0.05) is 12.6 Å². The molecule has 17 heavy (non-hydrogen) atoms. The van der Waals surface area contributed by atoms with Crippen molar-refractivity contribution in [1.82, 2.24) is 0 Å². The van der Waals surface area contributed by atoms with Crippen molar-refractivity contribution >= 4 is 23.3 Å². The lowest BCUT2D eigenvalue weighted by Crippen LogP contribution is -2.19. The van der Waals surface area contributed by atoms with E-state index >= 15 is 0 Å². The van der Waals surface area contributed by atoms with Crippen LogP contribution in [0, 0.1) is 0 Å². The monoisotopic (exact) mass is 249 g/mol. The van der Waals surface area contributed by atoms with Crippen LogP contribution in [0.3, 0.4) is 0 Å². The summed E-state index contributed by atoms with van der Waals surface area (Å²) >= 11 is 0. The summed E-state index contributed by atoms with van der Waals surface area (Å²) in [5.74, 6) is 0. The van der Waals surface area contributed by atoms with Gasteiger partial charge in [-0.25, -0.2) is 4.21 Å². The van der Waals surface area contributed by atoms with Crippen molar-refractivity contribution in [2.24, 2.45) is 4.40 Å². The molecule has 0 aliphatic carbocycles. The van der Waals surface area contributed by atoms with E-state index in [1.165, 1.54) is 0 Å². The fourth-order valence-electron chi connectivity index (χ4n) is 1.10. The van der Waals surface area contributed by atoms with Crippen molar-refractivity contribution < 1.29 is 4.21 Å². The predicted molar refractivity (Wildman–Crippen MR) is 76.5 cm³/mol. The van der Waals surface area contributed by atoms with Crippen LogP contribution in [0.5, 0.6) is 0 Å². The van der Waals surface area contributed by atoms with E-state index in [1.54, 1.807) is 6.21 Å². The third kappa shape index (κ3) is 5.59. The fraction of sp³-hybridized carbons (Fsp3) is 0.357. The molecule has 0 amide bonds. The molecule has 0 spiro atoms. The van der Waals surface area contributed by atoms with E-state index in [-0.39, 0.29) is 4.75 Å². The van der Waals surface area contributed by atoms with E-state index in [9.17, 15) is 4.21 Å². The Morgan fingerprint density at radius 2 is 1.88 bits per heavy atom. The molecule has 3 heteroatoms. The Morgan fingerprint density at radius 3 is 2.47 bits per heavy atom. The van der Waals surface area contributed by atoms with Gasteiger partial charge in [-0.15, -0.1) is 0 Å². The number of benzene rings is 1. The maximum atomic E-state index is 11.6. The van der Waals surface area contributed by atoms with Crippen LogP contribution in [0.25, 0.3) is 6.08 Å². The highest BCUT2D eigenvalue weighted by molar-refractivity contribution is 7.85. The summed E-state index contributed by atoms with van der Waals surface area (Å²) in [7, 11) is -1.15. The van der Waals surface area contributed by atoms with Crippen molar-refractivity contribution in [2.45, 2.75) is 31.9 Å². The van der Waals surface area contributed by atoms with E-state index in [2.05, 4.69) is 4.40 Å². The molecule has 1 atom stereocenters. The van der Waals surface area contributed by atoms with Crippen LogP contribution in [-0.2, 0) is 11.0 Å². The van der Waals surface area contributed by atoms with Crippen LogP contribution >= 0.6 is 0 Å². The largest absolute Gasteiger partial charge is 0.234 e. The lowest BCUT2D eigenvalue weighted by molar-refractivity contribution is 0.651. The lowest BCUT2D eigenvalue weighted by Gasteiger charge is -2.12. The Morgan fingerprint density at radius 1 is 1.24 bits per heavy atom. The minimum Gasteiger partial charge on any atom is -0.234 e. The van der Waals surface area contributed by atoms with Crippen molar-refractivity contribution in [1.29, 1.82) is 0 Å². The Bertz CT molecular complexity index is 416. The number of allylic oxidation sites excluding steroid dienone is 1. The molecule has 1 aromatic rings. The SMILES string of the molecule is CC(C)(C)S(=O)/N=C/C/C=C/c1ccccc1. The Kier molecular flexibility index (Phi) is 5.29. The zero-order valence-electron chi connectivity index (χ0n) is 10.6. The van der Waals surface area contributed by atoms with Gasteiger partial charge in [0.25, 0.3) is 0 Å². The minimum absolute atomic E-state index is 0.278. The van der Waals surface area contributed by atoms with Gasteiger partial charge in [0.1, 0.15) is 11.0 Å². The number of rotatable bonds is 4. The first-order valence-corrected chi connectivity index (χ1v) is 6.77. The third-order valence-electron chi connectivity index (χ3n) is 2.05. The molecule has 1 unspecified atom stereocenters. The van der Waals surface area contributed by atoms with Gasteiger partial charge in [-0.2, -0.15) is 4.40 Å². The molecule has 0 saturated carbocycles. The molecule has 1 rings (SSSR count). The molecule has 0 aliphatic rings. The smallest absolute Gasteiger partial charge is 0.144 e. The summed E-state index contributed by atoms with van der Waals surface area (Å²) in [6.45, 7) is 5.75. The summed E-state index contributed by atoms with van der Waals surface area (Å²) in [5, 5.41) is 0. The quantitative estimate of drug-likeness (QED) is 0.749. The molecule has 1 aromatic carbocycles. The van der Waals surface area contributed by atoms with E-state index in [4.69, 9.17) is 0 Å². The van der Waals surface area contributed by atoms with Crippen LogP contribution in [-0.4, -0.2) is 15.2 Å². The van der Waals surface area contributed by atoms with Crippen LogP contribution in [0.15, 0.2) is 40.8 Å². The van der Waals surface area contributed by atoms with E-state index in [0.717, 1.165) is 5.56 Å². The Hall–Kier alpha value is -1.22. The second-order valence-electron chi connectivity index (χ2n) is 4.70. The third-order valence-corrected chi connectivity index (χ3v) is 3.43. The first-order chi connectivity index (χ1) is 8.00. The molecule has 92 valence electrons. The summed E-state index contributed by atoms with van der Waals surface area (Å²) in [5.41, 5.74) is 1.16. The first kappa shape index (κ1) is 13.8. The highest BCUT2D eigenvalue weighted by Gasteiger charge is 2.17. The summed E-state index contributed by atoms with van der Waals surface area (Å²) in [6.07, 6.45) is 6.46. The van der Waals surface area contributed by atoms with Gasteiger partial charge in [-0.05, 0) is 26.3 Å². The minimum atomic E-state index is -1.15. The highest BCUT2D eigenvalue weighted by Crippen LogP contribution is 2.11. The first-order valence-electron chi connectivity index (χ1n) is 5.66. The van der Waals surface area contributed by atoms with Gasteiger partial charge >= 0.3 is 0 Å². The molecule has 0 aliphatic heterocycles. The summed E-state index contributed by atoms with van der Waals surface area (Å²) in [4.78, 5) is 0. The van der Waals surface area contributed by atoms with Gasteiger partial charge in [-0.3, -0.25) is 0 Å². The van der Waals surface area contributed by atoms with Gasteiger partial charge in [0.05, 0.1) is 4.75 Å². The Balaban J connectivity index is 2.41. The van der Waals surface area contributed by atoms with Gasteiger partial charge in [0.15, 0.2) is 0 Å². The van der Waals surface area contributed by atoms with Crippen molar-refractivity contribution in [3.05, 3.63) is 42.0 Å². The van der Waals surface area contributed by atoms with Gasteiger partial charge < -0.3 is 0 Å². The zero-order valence-corrected chi connectivity index (χ0v) is 11.4. The molecule has 0 aromatic heterocycles. The average molecular weight is 249 g/mol. The van der Waals surface area contributed by atoms with E-state index < -0.39 is 11.0 Å². The number of hydrogen-bond acceptors (Lipinski definition) is 1. The molecule has 0 N–H and O–H groups in total. The fourth-order valence-corrected chi connectivity index (χ4v) is 1.64. The molecular weight excluding hydrogens is 230 g/mol. The molecule has 0 heterocycles. The van der Waals surface area contributed by atoms with Crippen molar-refractivity contribution in [2.75, 3.05) is 0 Å². The normalized spacial score (nSPS) is 14.5. The van der Waals surface area contributed by atoms with Crippen LogP contribution in [0.4, 0.5) is 0 Å². The van der Waals surface area contributed by atoms with E-state index in [0.29, 0.717) is 6.42 Å². The topological polar surface area (TPSA) is 29.4 Å². The standard InChI is InChI=1S/C14H19NOS/c1-14(2,3)17(16)15-12-8-7-11-13-9-5-4-6-10-13/h4-7,9-12H,8H2,1-3H3/b11-7+,15-12+. The zero-order chi connectivity index (χ0) is 12.7. The van der Waals surface area contributed by atoms with Gasteiger partial charge in [0.2, 0.25) is 0 Å². The maximum absolute atomic E-state index is 11.6. The maximum Gasteiger partial charge on any atom is 0.144 e. The molecule has 2 nitrogen and oxygen atoms in total. The van der Waals surface area contributed by atoms with E-state index in [1.807, 2.05) is 63.3 Å². The second-order valence-corrected chi connectivity index (χ2v) is 6.63. The predicted octanol–water partition coefficient (Wildman–Crippen LogP) is 3.62. The molecule has 0 saturated heterocycles. The molecule has 0 fully saturated rings. The number of hydrogen-bond donors (Lipinski definition) is 0. The summed E-state index contributed by atoms with van der Waals surface area (Å²) < 4.78 is 15.3. The van der Waals surface area contributed by atoms with Crippen LogP contribution in [0.2, 0.25) is 0 Å². The van der Waals surface area contributed by atoms with Crippen molar-refractivity contribution in [3.63, 3.8) is 0 Å². The number of nitrogens with zero attached hydrogens (tertiary/aromatic N) is 1. The van der Waals surface area contributed by atoms with Crippen molar-refractivity contribution in [3.8, 4) is 0 Å².